The zero-order valence-corrected chi connectivity index (χ0v) is 17.4. The summed E-state index contributed by atoms with van der Waals surface area (Å²) in [6.45, 7) is 2.00. The topological polar surface area (TPSA) is 80.3 Å². The number of aliphatic hydroxyl groups is 1. The molecule has 1 saturated heterocycles. The Bertz CT molecular complexity index is 916. The average Bonchev–Trinajstić information content (AvgIpc) is 2.75. The number of hydrogen-bond donors (Lipinski definition) is 2. The highest BCUT2D eigenvalue weighted by Gasteiger charge is 2.30. The summed E-state index contributed by atoms with van der Waals surface area (Å²) in [4.78, 5) is 13.8. The van der Waals surface area contributed by atoms with Crippen LogP contribution in [0.25, 0.3) is 0 Å². The summed E-state index contributed by atoms with van der Waals surface area (Å²) >= 11 is 0. The van der Waals surface area contributed by atoms with Crippen LogP contribution in [0.5, 0.6) is 17.2 Å². The molecule has 0 radical (unpaired) electrons. The Morgan fingerprint density at radius 2 is 1.93 bits per heavy atom. The Labute approximate surface area is 176 Å². The molecular weight excluding hydrogens is 384 g/mol. The zero-order valence-electron chi connectivity index (χ0n) is 17.4. The van der Waals surface area contributed by atoms with Gasteiger partial charge in [0, 0.05) is 49.4 Å². The fourth-order valence-electron chi connectivity index (χ4n) is 4.08. The number of nitrogens with one attached hydrogen (secondary N) is 1. The summed E-state index contributed by atoms with van der Waals surface area (Å²) in [6.07, 6.45) is 1.09. The molecule has 4 rings (SSSR count). The molecule has 7 nitrogen and oxygen atoms in total. The maximum absolute atomic E-state index is 11.6. The first-order valence-corrected chi connectivity index (χ1v) is 10.3. The summed E-state index contributed by atoms with van der Waals surface area (Å²) in [5.41, 5.74) is 2.98. The lowest BCUT2D eigenvalue weighted by molar-refractivity contribution is -0.116. The Morgan fingerprint density at radius 1 is 1.10 bits per heavy atom. The number of β-amino-alcohol motifs (C(OH)–C–C–N with tert-alkyl or cyclic N) is 1. The van der Waals surface area contributed by atoms with Crippen molar-refractivity contribution in [1.29, 1.82) is 0 Å². The van der Waals surface area contributed by atoms with E-state index in [1.54, 1.807) is 14.2 Å². The molecule has 2 aromatic rings. The Balaban J connectivity index is 1.37. The molecule has 2 heterocycles. The van der Waals surface area contributed by atoms with Crippen LogP contribution in [0, 0.1) is 0 Å². The van der Waals surface area contributed by atoms with Crippen molar-refractivity contribution < 1.29 is 24.1 Å². The molecule has 0 aliphatic carbocycles. The maximum Gasteiger partial charge on any atom is 0.224 e. The van der Waals surface area contributed by atoms with Crippen molar-refractivity contribution in [2.75, 3.05) is 32.6 Å². The molecule has 1 fully saturated rings. The van der Waals surface area contributed by atoms with Crippen LogP contribution >= 0.6 is 0 Å². The SMILES string of the molecule is COc1ccc(CN2CC[C@@H](Oc3ccc4c(c3)NC(=O)CC4)[C@H](O)C2)c(OC)c1. The lowest BCUT2D eigenvalue weighted by Gasteiger charge is -2.36. The van der Waals surface area contributed by atoms with Crippen molar-refractivity contribution in [3.8, 4) is 17.2 Å². The number of benzene rings is 2. The van der Waals surface area contributed by atoms with E-state index in [2.05, 4.69) is 10.2 Å². The summed E-state index contributed by atoms with van der Waals surface area (Å²) in [5.74, 6) is 2.23. The Kier molecular flexibility index (Phi) is 6.11. The van der Waals surface area contributed by atoms with E-state index in [1.807, 2.05) is 36.4 Å². The number of anilines is 1. The molecule has 7 heteroatoms. The van der Waals surface area contributed by atoms with Gasteiger partial charge >= 0.3 is 0 Å². The van der Waals surface area contributed by atoms with Crippen molar-refractivity contribution in [3.63, 3.8) is 0 Å². The van der Waals surface area contributed by atoms with Gasteiger partial charge in [0.05, 0.1) is 14.2 Å². The smallest absolute Gasteiger partial charge is 0.224 e. The van der Waals surface area contributed by atoms with Gasteiger partial charge in [0.1, 0.15) is 29.5 Å². The van der Waals surface area contributed by atoms with Crippen LogP contribution in [0.15, 0.2) is 36.4 Å². The van der Waals surface area contributed by atoms with Crippen LogP contribution in [0.3, 0.4) is 0 Å². The quantitative estimate of drug-likeness (QED) is 0.759. The van der Waals surface area contributed by atoms with E-state index in [0.717, 1.165) is 41.3 Å². The highest BCUT2D eigenvalue weighted by molar-refractivity contribution is 5.94. The molecular formula is C23H28N2O5. The highest BCUT2D eigenvalue weighted by Crippen LogP contribution is 2.30. The van der Waals surface area contributed by atoms with Gasteiger partial charge in [-0.1, -0.05) is 12.1 Å². The van der Waals surface area contributed by atoms with E-state index in [0.29, 0.717) is 31.7 Å². The molecule has 2 N–H and O–H groups in total. The van der Waals surface area contributed by atoms with E-state index in [-0.39, 0.29) is 12.0 Å². The van der Waals surface area contributed by atoms with E-state index in [1.165, 1.54) is 0 Å². The number of ether oxygens (including phenoxy) is 3. The van der Waals surface area contributed by atoms with Crippen LogP contribution in [-0.2, 0) is 17.8 Å². The van der Waals surface area contributed by atoms with Crippen LogP contribution in [-0.4, -0.2) is 55.4 Å². The first-order chi connectivity index (χ1) is 14.6. The number of amides is 1. The van der Waals surface area contributed by atoms with E-state index in [9.17, 15) is 9.90 Å². The number of carbonyl (C=O) groups is 1. The average molecular weight is 412 g/mol. The molecule has 0 aromatic heterocycles. The predicted octanol–water partition coefficient (Wildman–Crippen LogP) is 2.60. The second kappa shape index (κ2) is 8.93. The minimum Gasteiger partial charge on any atom is -0.497 e. The van der Waals surface area contributed by atoms with E-state index >= 15 is 0 Å². The van der Waals surface area contributed by atoms with Crippen LogP contribution < -0.4 is 19.5 Å². The van der Waals surface area contributed by atoms with Crippen molar-refractivity contribution in [2.24, 2.45) is 0 Å². The number of likely N-dealkylation sites (tertiary alicyclic amines) is 1. The number of aliphatic hydroxyl groups excluding tert-OH is 1. The van der Waals surface area contributed by atoms with Gasteiger partial charge in [0.15, 0.2) is 0 Å². The van der Waals surface area contributed by atoms with E-state index < -0.39 is 6.10 Å². The number of methoxy groups -OCH3 is 2. The molecule has 2 aromatic carbocycles. The first-order valence-electron chi connectivity index (χ1n) is 10.3. The number of nitrogens with zero attached hydrogens (tertiary/aromatic N) is 1. The minimum absolute atomic E-state index is 0.0296. The standard InChI is InChI=1S/C23H28N2O5/c1-28-17-6-4-16(22(12-17)29-2)13-25-10-9-21(20(26)14-25)30-18-7-3-15-5-8-23(27)24-19(15)11-18/h3-4,6-7,11-12,20-21,26H,5,8-10,13-14H2,1-2H3,(H,24,27)/t20-,21-/m1/s1. The highest BCUT2D eigenvalue weighted by atomic mass is 16.5. The molecule has 30 heavy (non-hydrogen) atoms. The summed E-state index contributed by atoms with van der Waals surface area (Å²) in [6, 6.07) is 11.5. The van der Waals surface area contributed by atoms with E-state index in [4.69, 9.17) is 14.2 Å². The number of rotatable bonds is 6. The van der Waals surface area contributed by atoms with Crippen LogP contribution in [0.4, 0.5) is 5.69 Å². The lowest BCUT2D eigenvalue weighted by Crippen LogP contribution is -2.48. The van der Waals surface area contributed by atoms with Gasteiger partial charge in [-0.25, -0.2) is 0 Å². The van der Waals surface area contributed by atoms with Crippen molar-refractivity contribution >= 4 is 11.6 Å². The number of carbonyl (C=O) groups excluding carboxylic acids is 1. The molecule has 160 valence electrons. The molecule has 2 aliphatic rings. The number of fused-ring (bicyclic) bond motifs is 1. The Hall–Kier alpha value is -2.77. The van der Waals surface area contributed by atoms with Crippen LogP contribution in [0.1, 0.15) is 24.0 Å². The molecule has 2 aliphatic heterocycles. The largest absolute Gasteiger partial charge is 0.497 e. The summed E-state index contributed by atoms with van der Waals surface area (Å²) in [7, 11) is 3.28. The Morgan fingerprint density at radius 3 is 2.70 bits per heavy atom. The normalized spacial score (nSPS) is 21.5. The van der Waals surface area contributed by atoms with Crippen molar-refractivity contribution in [3.05, 3.63) is 47.5 Å². The third-order valence-electron chi connectivity index (χ3n) is 5.76. The fourth-order valence-corrected chi connectivity index (χ4v) is 4.08. The predicted molar refractivity (Wildman–Crippen MR) is 113 cm³/mol. The monoisotopic (exact) mass is 412 g/mol. The fraction of sp³-hybridized carbons (Fsp3) is 0.435. The van der Waals surface area contributed by atoms with Gasteiger partial charge in [0.25, 0.3) is 0 Å². The summed E-state index contributed by atoms with van der Waals surface area (Å²) < 4.78 is 16.8. The number of aryl methyl sites for hydroxylation is 1. The van der Waals surface area contributed by atoms with Crippen molar-refractivity contribution in [1.82, 2.24) is 4.90 Å². The van der Waals surface area contributed by atoms with Crippen LogP contribution in [0.2, 0.25) is 0 Å². The molecule has 0 saturated carbocycles. The molecule has 1 amide bonds. The zero-order chi connectivity index (χ0) is 21.1. The summed E-state index contributed by atoms with van der Waals surface area (Å²) in [5, 5.41) is 13.6. The van der Waals surface area contributed by atoms with Gasteiger partial charge in [-0.15, -0.1) is 0 Å². The van der Waals surface area contributed by atoms with Gasteiger partial charge in [0.2, 0.25) is 5.91 Å². The van der Waals surface area contributed by atoms with Gasteiger partial charge in [-0.3, -0.25) is 9.69 Å². The molecule has 0 spiro atoms. The van der Waals surface area contributed by atoms with Gasteiger partial charge in [-0.05, 0) is 30.5 Å². The number of hydrogen-bond acceptors (Lipinski definition) is 6. The van der Waals surface area contributed by atoms with Crippen molar-refractivity contribution in [2.45, 2.75) is 38.0 Å². The lowest BCUT2D eigenvalue weighted by atomic mass is 10.0. The first kappa shape index (κ1) is 20.5. The van der Waals surface area contributed by atoms with Gasteiger partial charge in [-0.2, -0.15) is 0 Å². The third kappa shape index (κ3) is 4.52. The minimum atomic E-state index is -0.603. The second-order valence-corrected chi connectivity index (χ2v) is 7.79. The molecule has 0 bridgehead atoms. The number of piperidine rings is 1. The molecule has 2 atom stereocenters. The molecule has 0 unspecified atom stereocenters. The third-order valence-corrected chi connectivity index (χ3v) is 5.76. The second-order valence-electron chi connectivity index (χ2n) is 7.79. The van der Waals surface area contributed by atoms with Gasteiger partial charge < -0.3 is 24.6 Å². The maximum atomic E-state index is 11.6.